The maximum atomic E-state index is 12.8. The Bertz CT molecular complexity index is 1600. The van der Waals surface area contributed by atoms with Crippen molar-refractivity contribution in [1.82, 2.24) is 0 Å². The number of ether oxygens (including phenoxy) is 4. The number of para-hydroxylation sites is 2. The number of aliphatic hydroxyl groups excluding tert-OH is 6. The van der Waals surface area contributed by atoms with Gasteiger partial charge in [-0.05, 0) is 48.5 Å². The topological polar surface area (TPSA) is 244 Å². The Morgan fingerprint density at radius 1 is 0.812 bits per heavy atom. The van der Waals surface area contributed by atoms with Crippen molar-refractivity contribution in [2.45, 2.75) is 62.0 Å². The van der Waals surface area contributed by atoms with Crippen LogP contribution >= 0.6 is 0 Å². The molecule has 0 amide bonds. The standard InChI is InChI=1S/C33H37N3O12/c34-31(20-6-2-4-8-24(20)45-27-13-22(40)29(42)25(15-37)46-27)36-32(19-5-1-3-7-21(19)39)35-18-11-9-17(10-12-18)33(44)48-28-14-23(41)30(43)26(16-38)47-28/h1-12,22-23,25-30,37-43H,13-16H2,(H2,34,35,36). The number of esters is 1. The highest BCUT2D eigenvalue weighted by Gasteiger charge is 2.39. The molecule has 9 N–H and O–H groups in total. The van der Waals surface area contributed by atoms with Crippen LogP contribution in [0.3, 0.4) is 0 Å². The molecule has 0 bridgehead atoms. The molecule has 2 fully saturated rings. The van der Waals surface area contributed by atoms with Crippen molar-refractivity contribution in [3.8, 4) is 11.5 Å². The van der Waals surface area contributed by atoms with E-state index >= 15 is 0 Å². The van der Waals surface area contributed by atoms with Crippen molar-refractivity contribution in [1.29, 1.82) is 5.41 Å². The first-order chi connectivity index (χ1) is 23.1. The highest BCUT2D eigenvalue weighted by Crippen LogP contribution is 2.28. The number of anilines is 1. The molecule has 15 nitrogen and oxygen atoms in total. The summed E-state index contributed by atoms with van der Waals surface area (Å²) in [7, 11) is 0. The predicted molar refractivity (Wildman–Crippen MR) is 169 cm³/mol. The molecule has 5 rings (SSSR count). The van der Waals surface area contributed by atoms with E-state index in [0.717, 1.165) is 0 Å². The maximum Gasteiger partial charge on any atom is 0.340 e. The van der Waals surface area contributed by atoms with Gasteiger partial charge in [-0.3, -0.25) is 5.41 Å². The van der Waals surface area contributed by atoms with Crippen LogP contribution in [0.2, 0.25) is 0 Å². The van der Waals surface area contributed by atoms with E-state index in [4.69, 9.17) is 24.4 Å². The van der Waals surface area contributed by atoms with Crippen LogP contribution in [0, 0.1) is 5.41 Å². The molecule has 256 valence electrons. The summed E-state index contributed by atoms with van der Waals surface area (Å²) in [6.07, 6.45) is -9.68. The molecule has 0 aromatic heterocycles. The lowest BCUT2D eigenvalue weighted by Crippen LogP contribution is -2.51. The van der Waals surface area contributed by atoms with Crippen LogP contribution in [-0.2, 0) is 14.2 Å². The smallest absolute Gasteiger partial charge is 0.340 e. The third kappa shape index (κ3) is 8.15. The largest absolute Gasteiger partial charge is 0.507 e. The molecule has 2 saturated heterocycles. The van der Waals surface area contributed by atoms with Gasteiger partial charge in [-0.15, -0.1) is 0 Å². The fraction of sp³-hybridized carbons (Fsp3) is 0.364. The van der Waals surface area contributed by atoms with Crippen molar-refractivity contribution in [2.75, 3.05) is 18.5 Å². The van der Waals surface area contributed by atoms with E-state index in [2.05, 4.69) is 10.3 Å². The molecule has 0 radical (unpaired) electrons. The van der Waals surface area contributed by atoms with E-state index in [-0.39, 0.29) is 52.7 Å². The van der Waals surface area contributed by atoms with Crippen LogP contribution in [0.1, 0.15) is 34.3 Å². The minimum atomic E-state index is -1.31. The van der Waals surface area contributed by atoms with E-state index in [1.165, 1.54) is 18.2 Å². The first kappa shape index (κ1) is 34.9. The van der Waals surface area contributed by atoms with Gasteiger partial charge in [0.2, 0.25) is 12.6 Å². The molecule has 15 heteroatoms. The van der Waals surface area contributed by atoms with Crippen LogP contribution in [0.5, 0.6) is 11.5 Å². The zero-order valence-corrected chi connectivity index (χ0v) is 25.5. The normalized spacial score (nSPS) is 27.6. The number of nitrogens with zero attached hydrogens (tertiary/aromatic N) is 1. The Balaban J connectivity index is 1.34. The Morgan fingerprint density at radius 2 is 1.38 bits per heavy atom. The average molecular weight is 668 g/mol. The second kappa shape index (κ2) is 15.6. The number of rotatable bonds is 9. The van der Waals surface area contributed by atoms with E-state index < -0.39 is 68.4 Å². The molecule has 8 unspecified atom stereocenters. The summed E-state index contributed by atoms with van der Waals surface area (Å²) in [6, 6.07) is 18.8. The van der Waals surface area contributed by atoms with Crippen molar-refractivity contribution >= 4 is 23.3 Å². The Morgan fingerprint density at radius 3 is 2.00 bits per heavy atom. The molecule has 2 aliphatic heterocycles. The zero-order chi connectivity index (χ0) is 34.4. The minimum absolute atomic E-state index is 0.0780. The SMILES string of the molecule is N=C(/N=C(\Nc1ccc(C(=O)OC2CC(O)C(O)C(CO)O2)cc1)c1ccccc1O)c1ccccc1OC1CC(O)C(O)C(CO)O1. The molecule has 2 aliphatic rings. The number of aliphatic hydroxyl groups is 6. The molecule has 3 aromatic carbocycles. The molecule has 0 spiro atoms. The number of carbonyl (C=O) groups is 1. The molecular weight excluding hydrogens is 630 g/mol. The van der Waals surface area contributed by atoms with Crippen LogP contribution in [-0.4, -0.2) is 116 Å². The van der Waals surface area contributed by atoms with E-state index in [1.807, 2.05) is 0 Å². The summed E-state index contributed by atoms with van der Waals surface area (Å²) in [5.41, 5.74) is 1.06. The number of aliphatic imine (C=N–C) groups is 1. The summed E-state index contributed by atoms with van der Waals surface area (Å²) in [4.78, 5) is 17.2. The van der Waals surface area contributed by atoms with Crippen molar-refractivity contribution < 1.29 is 59.5 Å². The van der Waals surface area contributed by atoms with Gasteiger partial charge in [0.15, 0.2) is 5.84 Å². The Labute approximate surface area is 274 Å². The Hall–Kier alpha value is -4.45. The number of carbonyl (C=O) groups excluding carboxylic acids is 1. The third-order valence-corrected chi connectivity index (χ3v) is 7.84. The second-order valence-corrected chi connectivity index (χ2v) is 11.2. The van der Waals surface area contributed by atoms with Gasteiger partial charge in [0.1, 0.15) is 41.8 Å². The number of hydrogen-bond donors (Lipinski definition) is 9. The lowest BCUT2D eigenvalue weighted by Gasteiger charge is -2.36. The second-order valence-electron chi connectivity index (χ2n) is 11.2. The molecule has 48 heavy (non-hydrogen) atoms. The first-order valence-corrected chi connectivity index (χ1v) is 15.1. The van der Waals surface area contributed by atoms with Crippen molar-refractivity contribution in [2.24, 2.45) is 4.99 Å². The minimum Gasteiger partial charge on any atom is -0.507 e. The molecule has 0 aliphatic carbocycles. The number of amidine groups is 2. The number of hydrogen-bond acceptors (Lipinski definition) is 13. The average Bonchev–Trinajstić information content (AvgIpc) is 3.08. The van der Waals surface area contributed by atoms with Gasteiger partial charge in [-0.1, -0.05) is 24.3 Å². The number of nitrogens with one attached hydrogen (secondary N) is 2. The summed E-state index contributed by atoms with van der Waals surface area (Å²) in [5, 5.41) is 81.5. The zero-order valence-electron chi connectivity index (χ0n) is 25.5. The highest BCUT2D eigenvalue weighted by atomic mass is 16.7. The predicted octanol–water partition coefficient (Wildman–Crippen LogP) is 0.470. The summed E-state index contributed by atoms with van der Waals surface area (Å²) in [5.74, 6) is -0.901. The number of benzene rings is 3. The fourth-order valence-corrected chi connectivity index (χ4v) is 5.21. The monoisotopic (exact) mass is 667 g/mol. The van der Waals surface area contributed by atoms with Crippen molar-refractivity contribution in [3.05, 3.63) is 89.5 Å². The molecular formula is C33H37N3O12. The van der Waals surface area contributed by atoms with E-state index in [0.29, 0.717) is 5.69 Å². The molecule has 3 aromatic rings. The molecule has 0 saturated carbocycles. The lowest BCUT2D eigenvalue weighted by atomic mass is 10.0. The third-order valence-electron chi connectivity index (χ3n) is 7.84. The van der Waals surface area contributed by atoms with Gasteiger partial charge in [0.05, 0.1) is 42.1 Å². The molecule has 2 heterocycles. The van der Waals surface area contributed by atoms with Crippen LogP contribution in [0.25, 0.3) is 0 Å². The molecule has 8 atom stereocenters. The van der Waals surface area contributed by atoms with Gasteiger partial charge in [-0.2, -0.15) is 0 Å². The summed E-state index contributed by atoms with van der Waals surface area (Å²) in [6.45, 7) is -1.11. The first-order valence-electron chi connectivity index (χ1n) is 15.1. The van der Waals surface area contributed by atoms with E-state index in [9.17, 15) is 40.5 Å². The number of phenols is 1. The van der Waals surface area contributed by atoms with Gasteiger partial charge >= 0.3 is 5.97 Å². The number of aromatic hydroxyl groups is 1. The van der Waals surface area contributed by atoms with Crippen molar-refractivity contribution in [3.63, 3.8) is 0 Å². The lowest BCUT2D eigenvalue weighted by molar-refractivity contribution is -0.239. The fourth-order valence-electron chi connectivity index (χ4n) is 5.21. The van der Waals surface area contributed by atoms with Crippen LogP contribution in [0.15, 0.2) is 77.8 Å². The number of phenolic OH excluding ortho intramolecular Hbond substituents is 1. The quantitative estimate of drug-likeness (QED) is 0.0857. The van der Waals surface area contributed by atoms with Gasteiger partial charge < -0.3 is 60.0 Å². The highest BCUT2D eigenvalue weighted by molar-refractivity contribution is 6.17. The van der Waals surface area contributed by atoms with Gasteiger partial charge in [0.25, 0.3) is 0 Å². The summed E-state index contributed by atoms with van der Waals surface area (Å²) < 4.78 is 22.2. The summed E-state index contributed by atoms with van der Waals surface area (Å²) >= 11 is 0. The maximum absolute atomic E-state index is 12.8. The van der Waals surface area contributed by atoms with Gasteiger partial charge in [0, 0.05) is 18.5 Å². The van der Waals surface area contributed by atoms with E-state index in [1.54, 1.807) is 54.6 Å². The van der Waals surface area contributed by atoms with Gasteiger partial charge in [-0.25, -0.2) is 9.79 Å². The van der Waals surface area contributed by atoms with Crippen LogP contribution < -0.4 is 10.1 Å². The Kier molecular flexibility index (Phi) is 11.4. The van der Waals surface area contributed by atoms with Crippen LogP contribution in [0.4, 0.5) is 5.69 Å².